The van der Waals surface area contributed by atoms with Crippen molar-refractivity contribution in [1.82, 2.24) is 15.0 Å². The van der Waals surface area contributed by atoms with Gasteiger partial charge in [0.25, 0.3) is 0 Å². The summed E-state index contributed by atoms with van der Waals surface area (Å²) in [6, 6.07) is 4.92. The first kappa shape index (κ1) is 14.7. The van der Waals surface area contributed by atoms with E-state index in [2.05, 4.69) is 10.1 Å². The Balaban J connectivity index is 1.79. The second kappa shape index (κ2) is 5.87. The predicted octanol–water partition coefficient (Wildman–Crippen LogP) is 2.44. The van der Waals surface area contributed by atoms with Crippen LogP contribution in [0.25, 0.3) is 0 Å². The Morgan fingerprint density at radius 1 is 1.45 bits per heavy atom. The molecule has 0 saturated carbocycles. The Morgan fingerprint density at radius 3 is 3.09 bits per heavy atom. The summed E-state index contributed by atoms with van der Waals surface area (Å²) in [5, 5.41) is 3.89. The van der Waals surface area contributed by atoms with E-state index in [4.69, 9.17) is 4.52 Å². The number of rotatable bonds is 3. The first-order chi connectivity index (χ1) is 10.5. The Morgan fingerprint density at radius 2 is 2.27 bits per heavy atom. The minimum Gasteiger partial charge on any atom is -0.345 e. The zero-order chi connectivity index (χ0) is 15.7. The van der Waals surface area contributed by atoms with Crippen molar-refractivity contribution in [3.63, 3.8) is 0 Å². The van der Waals surface area contributed by atoms with E-state index in [1.807, 2.05) is 6.92 Å². The number of likely N-dealkylation sites (tertiary alicyclic amines) is 1. The van der Waals surface area contributed by atoms with E-state index in [-0.39, 0.29) is 24.1 Å². The average Bonchev–Trinajstić information content (AvgIpc) is 2.94. The van der Waals surface area contributed by atoms with Crippen LogP contribution in [-0.4, -0.2) is 34.5 Å². The van der Waals surface area contributed by atoms with E-state index in [1.54, 1.807) is 24.1 Å². The van der Waals surface area contributed by atoms with Gasteiger partial charge in [-0.2, -0.15) is 4.98 Å². The molecule has 6 heteroatoms. The lowest BCUT2D eigenvalue weighted by molar-refractivity contribution is -0.134. The van der Waals surface area contributed by atoms with Gasteiger partial charge in [-0.15, -0.1) is 0 Å². The molecule has 1 atom stereocenters. The second-order valence-corrected chi connectivity index (χ2v) is 5.78. The molecule has 2 aromatic rings. The molecular formula is C16H18FN3O2. The van der Waals surface area contributed by atoms with Gasteiger partial charge >= 0.3 is 0 Å². The summed E-state index contributed by atoms with van der Waals surface area (Å²) < 4.78 is 19.0. The number of hydrogen-bond donors (Lipinski definition) is 0. The lowest BCUT2D eigenvalue weighted by Crippen LogP contribution is -2.37. The number of hydrogen-bond acceptors (Lipinski definition) is 4. The quantitative estimate of drug-likeness (QED) is 0.874. The van der Waals surface area contributed by atoms with Crippen LogP contribution in [0.2, 0.25) is 0 Å². The lowest BCUT2D eigenvalue weighted by atomic mass is 9.97. The summed E-state index contributed by atoms with van der Waals surface area (Å²) >= 11 is 0. The van der Waals surface area contributed by atoms with Crippen LogP contribution in [-0.2, 0) is 11.2 Å². The van der Waals surface area contributed by atoms with Crippen LogP contribution in [0, 0.1) is 12.7 Å². The Kier molecular flexibility index (Phi) is 3.92. The van der Waals surface area contributed by atoms with Gasteiger partial charge in [0.05, 0.1) is 0 Å². The fraction of sp³-hybridized carbons (Fsp3) is 0.438. The van der Waals surface area contributed by atoms with Gasteiger partial charge in [0.2, 0.25) is 11.8 Å². The first-order valence-corrected chi connectivity index (χ1v) is 7.37. The zero-order valence-electron chi connectivity index (χ0n) is 12.7. The summed E-state index contributed by atoms with van der Waals surface area (Å²) in [4.78, 5) is 18.1. The van der Waals surface area contributed by atoms with Gasteiger partial charge in [0.1, 0.15) is 11.7 Å². The Labute approximate surface area is 128 Å². The SMILES string of the molecule is Cc1ccc(F)c(Cc2noc(C3CCCN(C)C3=O)n2)c1. The molecule has 1 fully saturated rings. The molecule has 0 radical (unpaired) electrons. The molecule has 1 aromatic heterocycles. The van der Waals surface area contributed by atoms with Crippen molar-refractivity contribution in [2.24, 2.45) is 0 Å². The highest BCUT2D eigenvalue weighted by molar-refractivity contribution is 5.83. The number of likely N-dealkylation sites (N-methyl/N-ethyl adjacent to an activating group) is 1. The molecule has 1 saturated heterocycles. The van der Waals surface area contributed by atoms with Gasteiger partial charge in [-0.25, -0.2) is 4.39 Å². The van der Waals surface area contributed by atoms with Gasteiger partial charge in [0, 0.05) is 20.0 Å². The molecule has 1 amide bonds. The molecule has 0 aliphatic carbocycles. The van der Waals surface area contributed by atoms with Crippen LogP contribution < -0.4 is 0 Å². The normalized spacial score (nSPS) is 18.8. The molecule has 1 aromatic carbocycles. The molecule has 3 rings (SSSR count). The van der Waals surface area contributed by atoms with Gasteiger partial charge in [-0.05, 0) is 31.4 Å². The number of benzene rings is 1. The molecular weight excluding hydrogens is 285 g/mol. The number of carbonyl (C=O) groups is 1. The van der Waals surface area contributed by atoms with Gasteiger partial charge in [-0.1, -0.05) is 22.9 Å². The molecule has 5 nitrogen and oxygen atoms in total. The van der Waals surface area contributed by atoms with Gasteiger partial charge in [0.15, 0.2) is 5.82 Å². The minimum atomic E-state index is -0.373. The van der Waals surface area contributed by atoms with E-state index in [0.717, 1.165) is 18.5 Å². The van der Waals surface area contributed by atoms with E-state index >= 15 is 0 Å². The minimum absolute atomic E-state index is 0.00295. The summed E-state index contributed by atoms with van der Waals surface area (Å²) in [5.74, 6) is 0.0797. The summed E-state index contributed by atoms with van der Waals surface area (Å²) in [7, 11) is 1.77. The third kappa shape index (κ3) is 2.86. The fourth-order valence-corrected chi connectivity index (χ4v) is 2.75. The zero-order valence-corrected chi connectivity index (χ0v) is 12.7. The molecule has 1 aliphatic rings. The molecule has 1 aliphatic heterocycles. The number of amides is 1. The van der Waals surface area contributed by atoms with Crippen LogP contribution in [0.1, 0.15) is 41.6 Å². The first-order valence-electron chi connectivity index (χ1n) is 7.37. The number of halogens is 1. The van der Waals surface area contributed by atoms with Crippen molar-refractivity contribution >= 4 is 5.91 Å². The maximum atomic E-state index is 13.8. The van der Waals surface area contributed by atoms with E-state index in [1.165, 1.54) is 6.07 Å². The maximum absolute atomic E-state index is 13.8. The summed E-state index contributed by atoms with van der Waals surface area (Å²) in [5.41, 5.74) is 1.50. The molecule has 2 heterocycles. The van der Waals surface area contributed by atoms with E-state index in [9.17, 15) is 9.18 Å². The van der Waals surface area contributed by atoms with Gasteiger partial charge < -0.3 is 9.42 Å². The standard InChI is InChI=1S/C16H18FN3O2/c1-10-5-6-13(17)11(8-10)9-14-18-15(22-19-14)12-4-3-7-20(2)16(12)21/h5-6,8,12H,3-4,7,9H2,1-2H3. The summed E-state index contributed by atoms with van der Waals surface area (Å²) in [6.07, 6.45) is 1.88. The van der Waals surface area contributed by atoms with Crippen molar-refractivity contribution in [3.05, 3.63) is 46.9 Å². The molecule has 1 unspecified atom stereocenters. The van der Waals surface area contributed by atoms with Crippen LogP contribution in [0.15, 0.2) is 22.7 Å². The monoisotopic (exact) mass is 303 g/mol. The van der Waals surface area contributed by atoms with Crippen LogP contribution >= 0.6 is 0 Å². The van der Waals surface area contributed by atoms with Gasteiger partial charge in [-0.3, -0.25) is 4.79 Å². The topological polar surface area (TPSA) is 59.2 Å². The smallest absolute Gasteiger partial charge is 0.239 e. The number of aryl methyl sites for hydroxylation is 1. The highest BCUT2D eigenvalue weighted by Gasteiger charge is 2.32. The van der Waals surface area contributed by atoms with Crippen molar-refractivity contribution in [3.8, 4) is 0 Å². The predicted molar refractivity (Wildman–Crippen MR) is 77.9 cm³/mol. The maximum Gasteiger partial charge on any atom is 0.239 e. The summed E-state index contributed by atoms with van der Waals surface area (Å²) in [6.45, 7) is 2.66. The lowest BCUT2D eigenvalue weighted by Gasteiger charge is -2.26. The van der Waals surface area contributed by atoms with E-state index in [0.29, 0.717) is 23.7 Å². The molecule has 0 bridgehead atoms. The van der Waals surface area contributed by atoms with Crippen LogP contribution in [0.4, 0.5) is 4.39 Å². The third-order valence-corrected chi connectivity index (χ3v) is 3.99. The second-order valence-electron chi connectivity index (χ2n) is 5.78. The third-order valence-electron chi connectivity index (χ3n) is 3.99. The van der Waals surface area contributed by atoms with Crippen LogP contribution in [0.3, 0.4) is 0 Å². The molecule has 0 spiro atoms. The molecule has 22 heavy (non-hydrogen) atoms. The number of piperidine rings is 1. The largest absolute Gasteiger partial charge is 0.345 e. The van der Waals surface area contributed by atoms with Crippen molar-refractivity contribution in [2.45, 2.75) is 32.1 Å². The van der Waals surface area contributed by atoms with E-state index < -0.39 is 0 Å². The Bertz CT molecular complexity index is 698. The fourth-order valence-electron chi connectivity index (χ4n) is 2.75. The number of nitrogens with zero attached hydrogens (tertiary/aromatic N) is 3. The highest BCUT2D eigenvalue weighted by atomic mass is 19.1. The van der Waals surface area contributed by atoms with Crippen molar-refractivity contribution < 1.29 is 13.7 Å². The van der Waals surface area contributed by atoms with Crippen LogP contribution in [0.5, 0.6) is 0 Å². The van der Waals surface area contributed by atoms with Crippen molar-refractivity contribution in [1.29, 1.82) is 0 Å². The Hall–Kier alpha value is -2.24. The average molecular weight is 303 g/mol. The number of aromatic nitrogens is 2. The molecule has 0 N–H and O–H groups in total. The number of carbonyl (C=O) groups excluding carboxylic acids is 1. The molecule has 116 valence electrons. The highest BCUT2D eigenvalue weighted by Crippen LogP contribution is 2.26. The van der Waals surface area contributed by atoms with Crippen molar-refractivity contribution in [2.75, 3.05) is 13.6 Å².